The first kappa shape index (κ1) is 32.8. The molecule has 12 rings (SSSR count). The summed E-state index contributed by atoms with van der Waals surface area (Å²) < 4.78 is 8.78. The van der Waals surface area contributed by atoms with Gasteiger partial charge in [0.25, 0.3) is 0 Å². The lowest BCUT2D eigenvalue weighted by Gasteiger charge is -2.33. The summed E-state index contributed by atoms with van der Waals surface area (Å²) in [4.78, 5) is 2.51. The molecule has 0 bridgehead atoms. The van der Waals surface area contributed by atoms with Crippen LogP contribution in [0.5, 0.6) is 0 Å². The summed E-state index contributed by atoms with van der Waals surface area (Å²) in [6.45, 7) is 4.78. The average Bonchev–Trinajstić information content (AvgIpc) is 3.89. The molecule has 0 saturated heterocycles. The first-order chi connectivity index (χ1) is 28.5. The van der Waals surface area contributed by atoms with Gasteiger partial charge in [-0.2, -0.15) is 0 Å². The van der Waals surface area contributed by atoms with E-state index in [0.717, 1.165) is 39.0 Å². The number of aromatic nitrogens is 1. The first-order valence-corrected chi connectivity index (χ1v) is 20.1. The highest BCUT2D eigenvalue weighted by molar-refractivity contribution is 6.11. The quantitative estimate of drug-likeness (QED) is 0.175. The van der Waals surface area contributed by atoms with E-state index in [4.69, 9.17) is 4.42 Å². The Morgan fingerprint density at radius 1 is 0.448 bits per heavy atom. The molecule has 0 N–H and O–H groups in total. The third-order valence-electron chi connectivity index (χ3n) is 12.5. The van der Waals surface area contributed by atoms with Crippen molar-refractivity contribution in [1.82, 2.24) is 4.57 Å². The third kappa shape index (κ3) is 4.74. The lowest BCUT2D eigenvalue weighted by atomic mass is 9.80. The highest BCUT2D eigenvalue weighted by Crippen LogP contribution is 2.56. The Labute approximate surface area is 336 Å². The van der Waals surface area contributed by atoms with Crippen LogP contribution in [0.2, 0.25) is 0 Å². The number of nitrogens with zero attached hydrogens (tertiary/aromatic N) is 2. The minimum Gasteiger partial charge on any atom is -0.456 e. The number of rotatable bonds is 5. The highest BCUT2D eigenvalue weighted by Gasteiger charge is 2.39. The second-order valence-corrected chi connectivity index (χ2v) is 16.1. The van der Waals surface area contributed by atoms with Crippen molar-refractivity contribution < 1.29 is 4.42 Å². The van der Waals surface area contributed by atoms with Crippen molar-refractivity contribution in [2.24, 2.45) is 0 Å². The fourth-order valence-electron chi connectivity index (χ4n) is 9.91. The van der Waals surface area contributed by atoms with Crippen molar-refractivity contribution >= 4 is 71.6 Å². The molecule has 2 heterocycles. The Morgan fingerprint density at radius 3 is 2.05 bits per heavy atom. The molecule has 0 saturated carbocycles. The van der Waals surface area contributed by atoms with Crippen LogP contribution in [-0.2, 0) is 5.41 Å². The van der Waals surface area contributed by atoms with Gasteiger partial charge in [-0.05, 0) is 105 Å². The van der Waals surface area contributed by atoms with Gasteiger partial charge in [-0.1, -0.05) is 141 Å². The van der Waals surface area contributed by atoms with Crippen LogP contribution in [0, 0.1) is 0 Å². The van der Waals surface area contributed by atoms with Crippen LogP contribution in [0.3, 0.4) is 0 Å². The Balaban J connectivity index is 1.18. The molecule has 9 aromatic carbocycles. The normalized spacial score (nSPS) is 13.1. The number of fused-ring (bicyclic) bond motifs is 10. The Kier molecular flexibility index (Phi) is 6.98. The second kappa shape index (κ2) is 12.3. The van der Waals surface area contributed by atoms with Gasteiger partial charge in [-0.25, -0.2) is 0 Å². The van der Waals surface area contributed by atoms with Crippen molar-refractivity contribution in [3.63, 3.8) is 0 Å². The summed E-state index contributed by atoms with van der Waals surface area (Å²) in [5.74, 6) is 0. The van der Waals surface area contributed by atoms with Gasteiger partial charge < -0.3 is 13.9 Å². The molecular formula is C55H38N2O. The van der Waals surface area contributed by atoms with E-state index in [1.54, 1.807) is 0 Å². The molecule has 0 amide bonds. The van der Waals surface area contributed by atoms with E-state index < -0.39 is 0 Å². The maximum atomic E-state index is 6.37. The predicted octanol–water partition coefficient (Wildman–Crippen LogP) is 15.3. The average molecular weight is 743 g/mol. The molecule has 0 unspecified atom stereocenters. The van der Waals surface area contributed by atoms with Gasteiger partial charge in [0.15, 0.2) is 0 Å². The predicted molar refractivity (Wildman–Crippen MR) is 243 cm³/mol. The van der Waals surface area contributed by atoms with Crippen LogP contribution in [0.25, 0.3) is 82.5 Å². The molecule has 58 heavy (non-hydrogen) atoms. The molecule has 11 aromatic rings. The molecule has 0 fully saturated rings. The Morgan fingerprint density at radius 2 is 1.16 bits per heavy atom. The van der Waals surface area contributed by atoms with E-state index in [1.165, 1.54) is 71.6 Å². The maximum Gasteiger partial charge on any atom is 0.135 e. The summed E-state index contributed by atoms with van der Waals surface area (Å²) in [5, 5.41) is 7.12. The van der Waals surface area contributed by atoms with Gasteiger partial charge in [0.2, 0.25) is 0 Å². The molecule has 0 aliphatic heterocycles. The van der Waals surface area contributed by atoms with Crippen molar-refractivity contribution in [3.05, 3.63) is 205 Å². The van der Waals surface area contributed by atoms with Gasteiger partial charge in [0.05, 0.1) is 22.4 Å². The number of benzene rings is 9. The van der Waals surface area contributed by atoms with E-state index in [9.17, 15) is 0 Å². The van der Waals surface area contributed by atoms with E-state index in [1.807, 2.05) is 6.07 Å². The van der Waals surface area contributed by atoms with Crippen molar-refractivity contribution in [2.45, 2.75) is 19.3 Å². The smallest absolute Gasteiger partial charge is 0.135 e. The minimum atomic E-state index is -0.265. The third-order valence-corrected chi connectivity index (χ3v) is 12.5. The zero-order valence-corrected chi connectivity index (χ0v) is 32.3. The molecule has 0 spiro atoms. The Hall–Kier alpha value is -7.36. The largest absolute Gasteiger partial charge is 0.456 e. The van der Waals surface area contributed by atoms with Crippen LogP contribution < -0.4 is 4.90 Å². The van der Waals surface area contributed by atoms with Crippen LogP contribution in [-0.4, -0.2) is 4.57 Å². The van der Waals surface area contributed by atoms with Crippen LogP contribution >= 0.6 is 0 Å². The van der Waals surface area contributed by atoms with Gasteiger partial charge in [0, 0.05) is 43.7 Å². The summed E-state index contributed by atoms with van der Waals surface area (Å²) in [6.07, 6.45) is 0. The van der Waals surface area contributed by atoms with Crippen molar-refractivity contribution in [2.75, 3.05) is 4.90 Å². The standard InChI is InChI=1S/C55H38N2O/c1-55(2)47-23-11-8-20-41(47)46-31-37(36-27-29-43-42-21-9-12-24-49(42)56(50(43)32-36)38-17-4-3-5-18-38)33-51(54(46)55)57(48-25-14-16-35-15-6-7-19-40(35)48)39-28-30-53-45(34-39)44-22-10-13-26-52(44)58-53/h3-34H,1-2H3. The fourth-order valence-corrected chi connectivity index (χ4v) is 9.91. The van der Waals surface area contributed by atoms with Gasteiger partial charge in [-0.3, -0.25) is 0 Å². The Bertz CT molecular complexity index is 3430. The number of para-hydroxylation sites is 3. The van der Waals surface area contributed by atoms with Crippen molar-refractivity contribution in [1.29, 1.82) is 0 Å². The summed E-state index contributed by atoms with van der Waals surface area (Å²) >= 11 is 0. The summed E-state index contributed by atoms with van der Waals surface area (Å²) in [6, 6.07) is 70.9. The topological polar surface area (TPSA) is 21.3 Å². The minimum absolute atomic E-state index is 0.265. The van der Waals surface area contributed by atoms with E-state index >= 15 is 0 Å². The molecule has 0 radical (unpaired) electrons. The van der Waals surface area contributed by atoms with Crippen LogP contribution in [0.1, 0.15) is 25.0 Å². The number of hydrogen-bond acceptors (Lipinski definition) is 2. The van der Waals surface area contributed by atoms with Gasteiger partial charge in [-0.15, -0.1) is 0 Å². The molecule has 0 atom stereocenters. The zero-order chi connectivity index (χ0) is 38.5. The lowest BCUT2D eigenvalue weighted by molar-refractivity contribution is 0.661. The lowest BCUT2D eigenvalue weighted by Crippen LogP contribution is -2.21. The van der Waals surface area contributed by atoms with Crippen LogP contribution in [0.15, 0.2) is 199 Å². The summed E-state index contributed by atoms with van der Waals surface area (Å²) in [7, 11) is 0. The molecule has 1 aliphatic rings. The highest BCUT2D eigenvalue weighted by atomic mass is 16.3. The van der Waals surface area contributed by atoms with Gasteiger partial charge >= 0.3 is 0 Å². The molecule has 1 aliphatic carbocycles. The van der Waals surface area contributed by atoms with E-state index in [0.29, 0.717) is 0 Å². The number of hydrogen-bond donors (Lipinski definition) is 0. The summed E-state index contributed by atoms with van der Waals surface area (Å²) in [5.41, 5.74) is 16.0. The van der Waals surface area contributed by atoms with Crippen molar-refractivity contribution in [3.8, 4) is 27.9 Å². The first-order valence-electron chi connectivity index (χ1n) is 20.1. The molecule has 274 valence electrons. The number of anilines is 3. The van der Waals surface area contributed by atoms with E-state index in [-0.39, 0.29) is 5.41 Å². The maximum absolute atomic E-state index is 6.37. The molecule has 3 heteroatoms. The van der Waals surface area contributed by atoms with Gasteiger partial charge in [0.1, 0.15) is 11.2 Å². The van der Waals surface area contributed by atoms with E-state index in [2.05, 4.69) is 211 Å². The monoisotopic (exact) mass is 742 g/mol. The molecule has 3 nitrogen and oxygen atoms in total. The SMILES string of the molecule is CC1(C)c2ccccc2-c2cc(-c3ccc4c5ccccc5n(-c5ccccc5)c4c3)cc(N(c3ccc4oc5ccccc5c4c3)c3cccc4ccccc34)c21. The second-order valence-electron chi connectivity index (χ2n) is 16.1. The molecular weight excluding hydrogens is 705 g/mol. The fraction of sp³-hybridized carbons (Fsp3) is 0.0545. The zero-order valence-electron chi connectivity index (χ0n) is 32.3. The molecule has 2 aromatic heterocycles. The number of furan rings is 1. The van der Waals surface area contributed by atoms with Crippen LogP contribution in [0.4, 0.5) is 17.1 Å².